The number of likely N-dealkylation sites (tertiary alicyclic amines) is 1. The summed E-state index contributed by atoms with van der Waals surface area (Å²) in [7, 11) is 0. The molecule has 92 valence electrons. The van der Waals surface area contributed by atoms with Gasteiger partial charge in [0, 0.05) is 23.6 Å². The Hall–Kier alpha value is -0.580. The van der Waals surface area contributed by atoms with Crippen LogP contribution in [0.15, 0.2) is 22.7 Å². The summed E-state index contributed by atoms with van der Waals surface area (Å²) in [4.78, 5) is 14.0. The summed E-state index contributed by atoms with van der Waals surface area (Å²) in [6.07, 6.45) is 1.72. The highest BCUT2D eigenvalue weighted by Gasteiger charge is 2.23. The highest BCUT2D eigenvalue weighted by atomic mass is 79.9. The van der Waals surface area contributed by atoms with Crippen LogP contribution >= 0.6 is 27.5 Å². The maximum atomic E-state index is 12.2. The third-order valence-corrected chi connectivity index (χ3v) is 3.79. The molecule has 2 N–H and O–H groups in total. The van der Waals surface area contributed by atoms with E-state index < -0.39 is 0 Å². The summed E-state index contributed by atoms with van der Waals surface area (Å²) >= 11 is 9.39. The number of halogens is 2. The van der Waals surface area contributed by atoms with Crippen LogP contribution in [0.1, 0.15) is 23.2 Å². The summed E-state index contributed by atoms with van der Waals surface area (Å²) < 4.78 is 0.875. The molecule has 2 rings (SSSR count). The molecule has 1 aromatic carbocycles. The smallest absolute Gasteiger partial charge is 0.255 e. The molecule has 1 fully saturated rings. The van der Waals surface area contributed by atoms with Gasteiger partial charge in [0.1, 0.15) is 0 Å². The van der Waals surface area contributed by atoms with Crippen molar-refractivity contribution < 1.29 is 4.79 Å². The predicted octanol–water partition coefficient (Wildman–Crippen LogP) is 2.67. The molecule has 1 saturated heterocycles. The Balaban J connectivity index is 2.14. The zero-order valence-corrected chi connectivity index (χ0v) is 11.7. The summed E-state index contributed by atoms with van der Waals surface area (Å²) in [6.45, 7) is 1.43. The molecule has 1 aromatic rings. The second-order valence-corrected chi connectivity index (χ2v) is 5.58. The zero-order valence-electron chi connectivity index (χ0n) is 9.33. The molecule has 0 radical (unpaired) electrons. The molecule has 1 heterocycles. The molecular weight excluding hydrogens is 304 g/mol. The number of amides is 1. The fraction of sp³-hybridized carbons (Fsp3) is 0.417. The maximum Gasteiger partial charge on any atom is 0.255 e. The van der Waals surface area contributed by atoms with E-state index in [1.54, 1.807) is 12.1 Å². The Morgan fingerprint density at radius 2 is 2.06 bits per heavy atom. The summed E-state index contributed by atoms with van der Waals surface area (Å²) in [5.41, 5.74) is 6.38. The summed E-state index contributed by atoms with van der Waals surface area (Å²) in [5.74, 6) is -0.00519. The molecule has 5 heteroatoms. The first-order valence-electron chi connectivity index (χ1n) is 5.58. The highest BCUT2D eigenvalue weighted by Crippen LogP contribution is 2.23. The largest absolute Gasteiger partial charge is 0.338 e. The minimum Gasteiger partial charge on any atom is -0.338 e. The van der Waals surface area contributed by atoms with Gasteiger partial charge in [0.15, 0.2) is 0 Å². The molecule has 0 unspecified atom stereocenters. The van der Waals surface area contributed by atoms with E-state index in [0.717, 1.165) is 17.3 Å². The van der Waals surface area contributed by atoms with Crippen molar-refractivity contribution in [3.05, 3.63) is 33.3 Å². The van der Waals surface area contributed by atoms with E-state index in [0.29, 0.717) is 23.7 Å². The molecule has 3 nitrogen and oxygen atoms in total. The average Bonchev–Trinajstić information content (AvgIpc) is 2.29. The molecular formula is C12H14BrClN2O. The SMILES string of the molecule is NC1CCN(C(=O)c2ccc(Br)cc2Cl)CC1. The van der Waals surface area contributed by atoms with Crippen LogP contribution in [-0.2, 0) is 0 Å². The molecule has 1 aliphatic heterocycles. The molecule has 0 saturated carbocycles. The first kappa shape index (κ1) is 12.9. The van der Waals surface area contributed by atoms with Crippen LogP contribution < -0.4 is 5.73 Å². The van der Waals surface area contributed by atoms with Crippen molar-refractivity contribution in [3.8, 4) is 0 Å². The zero-order chi connectivity index (χ0) is 12.4. The van der Waals surface area contributed by atoms with E-state index in [-0.39, 0.29) is 11.9 Å². The van der Waals surface area contributed by atoms with Gasteiger partial charge in [-0.2, -0.15) is 0 Å². The molecule has 0 atom stereocenters. The quantitative estimate of drug-likeness (QED) is 0.865. The molecule has 0 aromatic heterocycles. The first-order valence-corrected chi connectivity index (χ1v) is 6.75. The van der Waals surface area contributed by atoms with E-state index >= 15 is 0 Å². The molecule has 1 aliphatic rings. The Kier molecular flexibility index (Phi) is 4.07. The maximum absolute atomic E-state index is 12.2. The number of hydrogen-bond acceptors (Lipinski definition) is 2. The Labute approximate surface area is 114 Å². The Morgan fingerprint density at radius 1 is 1.41 bits per heavy atom. The van der Waals surface area contributed by atoms with E-state index in [4.69, 9.17) is 17.3 Å². The van der Waals surface area contributed by atoms with E-state index in [1.165, 1.54) is 0 Å². The van der Waals surface area contributed by atoms with Gasteiger partial charge in [0.2, 0.25) is 0 Å². The predicted molar refractivity (Wildman–Crippen MR) is 72.3 cm³/mol. The summed E-state index contributed by atoms with van der Waals surface area (Å²) in [6, 6.07) is 5.54. The minimum absolute atomic E-state index is 0.00519. The van der Waals surface area contributed by atoms with Crippen molar-refractivity contribution in [2.24, 2.45) is 5.73 Å². The van der Waals surface area contributed by atoms with Crippen molar-refractivity contribution in [1.82, 2.24) is 4.90 Å². The van der Waals surface area contributed by atoms with Crippen LogP contribution in [0, 0.1) is 0 Å². The monoisotopic (exact) mass is 316 g/mol. The second-order valence-electron chi connectivity index (χ2n) is 4.25. The lowest BCUT2D eigenvalue weighted by atomic mass is 10.0. The number of rotatable bonds is 1. The average molecular weight is 318 g/mol. The number of nitrogens with two attached hydrogens (primary N) is 1. The third-order valence-electron chi connectivity index (χ3n) is 2.99. The van der Waals surface area contributed by atoms with Gasteiger partial charge in [-0.05, 0) is 31.0 Å². The van der Waals surface area contributed by atoms with Gasteiger partial charge < -0.3 is 10.6 Å². The molecule has 1 amide bonds. The fourth-order valence-corrected chi connectivity index (χ4v) is 2.69. The second kappa shape index (κ2) is 5.38. The normalized spacial score (nSPS) is 17.2. The summed E-state index contributed by atoms with van der Waals surface area (Å²) in [5, 5.41) is 0.485. The van der Waals surface area contributed by atoms with Crippen LogP contribution in [0.2, 0.25) is 5.02 Å². The van der Waals surface area contributed by atoms with Crippen LogP contribution in [0.25, 0.3) is 0 Å². The minimum atomic E-state index is -0.00519. The standard InChI is InChI=1S/C12H14BrClN2O/c13-8-1-2-10(11(14)7-8)12(17)16-5-3-9(15)4-6-16/h1-2,7,9H,3-6,15H2. The third kappa shape index (κ3) is 3.00. The number of carbonyl (C=O) groups excluding carboxylic acids is 1. The lowest BCUT2D eigenvalue weighted by molar-refractivity contribution is 0.0715. The lowest BCUT2D eigenvalue weighted by Gasteiger charge is -2.30. The number of carbonyl (C=O) groups is 1. The van der Waals surface area contributed by atoms with Crippen LogP contribution in [0.3, 0.4) is 0 Å². The van der Waals surface area contributed by atoms with Gasteiger partial charge in [0.05, 0.1) is 10.6 Å². The van der Waals surface area contributed by atoms with Crippen molar-refractivity contribution >= 4 is 33.4 Å². The molecule has 0 aliphatic carbocycles. The number of hydrogen-bond donors (Lipinski definition) is 1. The number of piperidine rings is 1. The highest BCUT2D eigenvalue weighted by molar-refractivity contribution is 9.10. The van der Waals surface area contributed by atoms with E-state index in [2.05, 4.69) is 15.9 Å². The molecule has 0 bridgehead atoms. The van der Waals surface area contributed by atoms with Crippen LogP contribution in [-0.4, -0.2) is 29.9 Å². The van der Waals surface area contributed by atoms with Gasteiger partial charge in [0.25, 0.3) is 5.91 Å². The molecule has 17 heavy (non-hydrogen) atoms. The van der Waals surface area contributed by atoms with Gasteiger partial charge in [-0.3, -0.25) is 4.79 Å². The van der Waals surface area contributed by atoms with Crippen molar-refractivity contribution in [2.45, 2.75) is 18.9 Å². The van der Waals surface area contributed by atoms with E-state index in [9.17, 15) is 4.79 Å². The van der Waals surface area contributed by atoms with Crippen LogP contribution in [0.5, 0.6) is 0 Å². The first-order chi connectivity index (χ1) is 8.08. The van der Waals surface area contributed by atoms with Crippen molar-refractivity contribution in [1.29, 1.82) is 0 Å². The number of nitrogens with zero attached hydrogens (tertiary/aromatic N) is 1. The Bertz CT molecular complexity index is 431. The lowest BCUT2D eigenvalue weighted by Crippen LogP contribution is -2.42. The van der Waals surface area contributed by atoms with Gasteiger partial charge in [-0.15, -0.1) is 0 Å². The van der Waals surface area contributed by atoms with Crippen LogP contribution in [0.4, 0.5) is 0 Å². The Morgan fingerprint density at radius 3 is 2.65 bits per heavy atom. The van der Waals surface area contributed by atoms with Gasteiger partial charge in [-0.25, -0.2) is 0 Å². The topological polar surface area (TPSA) is 46.3 Å². The van der Waals surface area contributed by atoms with Crippen molar-refractivity contribution in [3.63, 3.8) is 0 Å². The molecule has 0 spiro atoms. The van der Waals surface area contributed by atoms with Gasteiger partial charge >= 0.3 is 0 Å². The fourth-order valence-electron chi connectivity index (χ4n) is 1.94. The van der Waals surface area contributed by atoms with Gasteiger partial charge in [-0.1, -0.05) is 27.5 Å². The van der Waals surface area contributed by atoms with E-state index in [1.807, 2.05) is 11.0 Å². The number of benzene rings is 1. The van der Waals surface area contributed by atoms with Crippen molar-refractivity contribution in [2.75, 3.05) is 13.1 Å².